The molecule has 1 atom stereocenters. The summed E-state index contributed by atoms with van der Waals surface area (Å²) in [4.78, 5) is 1.94. The van der Waals surface area contributed by atoms with E-state index in [0.29, 0.717) is 12.6 Å². The molecular formula is C14H20F4N2. The van der Waals surface area contributed by atoms with Crippen LogP contribution in [0, 0.1) is 5.82 Å². The van der Waals surface area contributed by atoms with E-state index in [1.165, 1.54) is 0 Å². The Labute approximate surface area is 116 Å². The first kappa shape index (κ1) is 16.9. The van der Waals surface area contributed by atoms with E-state index >= 15 is 0 Å². The van der Waals surface area contributed by atoms with Crippen LogP contribution in [0.1, 0.15) is 37.9 Å². The zero-order valence-electron chi connectivity index (χ0n) is 11.8. The van der Waals surface area contributed by atoms with Gasteiger partial charge < -0.3 is 5.73 Å². The Bertz CT molecular complexity index is 443. The van der Waals surface area contributed by atoms with Gasteiger partial charge in [-0.05, 0) is 44.2 Å². The minimum Gasteiger partial charge on any atom is -0.329 e. The molecule has 0 radical (unpaired) electrons. The lowest BCUT2D eigenvalue weighted by Gasteiger charge is -2.33. The summed E-state index contributed by atoms with van der Waals surface area (Å²) in [7, 11) is 0. The molecule has 1 aromatic rings. The largest absolute Gasteiger partial charge is 0.416 e. The fraction of sp³-hybridized carbons (Fsp3) is 0.571. The summed E-state index contributed by atoms with van der Waals surface area (Å²) >= 11 is 0. The number of likely N-dealkylation sites (N-methyl/N-ethyl adjacent to an activating group) is 1. The Kier molecular flexibility index (Phi) is 5.53. The van der Waals surface area contributed by atoms with Crippen LogP contribution in [0.4, 0.5) is 17.6 Å². The van der Waals surface area contributed by atoms with Crippen LogP contribution in [-0.2, 0) is 6.18 Å². The molecule has 1 rings (SSSR count). The topological polar surface area (TPSA) is 29.3 Å². The third-order valence-corrected chi connectivity index (χ3v) is 3.28. The highest BCUT2D eigenvalue weighted by Crippen LogP contribution is 2.33. The maximum absolute atomic E-state index is 13.5. The van der Waals surface area contributed by atoms with Crippen molar-refractivity contribution in [3.05, 3.63) is 35.1 Å². The number of nitrogens with two attached hydrogens (primary N) is 1. The van der Waals surface area contributed by atoms with Crippen molar-refractivity contribution < 1.29 is 17.6 Å². The number of halogens is 4. The number of hydrogen-bond acceptors (Lipinski definition) is 2. The zero-order valence-corrected chi connectivity index (χ0v) is 11.8. The predicted octanol–water partition coefficient (Wildman–Crippen LogP) is 3.57. The molecule has 6 heteroatoms. The van der Waals surface area contributed by atoms with Gasteiger partial charge in [0.2, 0.25) is 0 Å². The standard InChI is InChI=1S/C14H20F4N2/c1-4-20(9(2)3)13(8-19)10-5-11(14(16,17)18)7-12(15)6-10/h5-7,9,13H,4,8,19H2,1-3H3. The number of nitrogens with zero attached hydrogens (tertiary/aromatic N) is 1. The van der Waals surface area contributed by atoms with Gasteiger partial charge in [-0.1, -0.05) is 6.92 Å². The van der Waals surface area contributed by atoms with E-state index in [1.54, 1.807) is 0 Å². The molecule has 2 N–H and O–H groups in total. The monoisotopic (exact) mass is 292 g/mol. The number of benzene rings is 1. The fourth-order valence-electron chi connectivity index (χ4n) is 2.38. The Morgan fingerprint density at radius 2 is 1.80 bits per heavy atom. The predicted molar refractivity (Wildman–Crippen MR) is 70.7 cm³/mol. The molecule has 0 fully saturated rings. The van der Waals surface area contributed by atoms with E-state index in [4.69, 9.17) is 5.73 Å². The molecular weight excluding hydrogens is 272 g/mol. The molecule has 20 heavy (non-hydrogen) atoms. The van der Waals surface area contributed by atoms with Crippen molar-refractivity contribution in [1.29, 1.82) is 0 Å². The first-order valence-corrected chi connectivity index (χ1v) is 6.54. The Morgan fingerprint density at radius 1 is 1.20 bits per heavy atom. The lowest BCUT2D eigenvalue weighted by Crippen LogP contribution is -2.38. The second-order valence-electron chi connectivity index (χ2n) is 4.95. The zero-order chi connectivity index (χ0) is 15.5. The van der Waals surface area contributed by atoms with Crippen molar-refractivity contribution in [2.45, 2.75) is 39.0 Å². The molecule has 114 valence electrons. The first-order valence-electron chi connectivity index (χ1n) is 6.54. The van der Waals surface area contributed by atoms with Crippen LogP contribution in [0.3, 0.4) is 0 Å². The van der Waals surface area contributed by atoms with Gasteiger partial charge in [-0.3, -0.25) is 4.90 Å². The first-order chi connectivity index (χ1) is 9.20. The lowest BCUT2D eigenvalue weighted by atomic mass is 10.0. The molecule has 0 aromatic heterocycles. The molecule has 0 bridgehead atoms. The van der Waals surface area contributed by atoms with Crippen molar-refractivity contribution in [3.8, 4) is 0 Å². The molecule has 0 amide bonds. The van der Waals surface area contributed by atoms with Crippen LogP contribution < -0.4 is 5.73 Å². The van der Waals surface area contributed by atoms with Gasteiger partial charge in [-0.15, -0.1) is 0 Å². The molecule has 1 unspecified atom stereocenters. The molecule has 1 aromatic carbocycles. The normalized spacial score (nSPS) is 14.1. The summed E-state index contributed by atoms with van der Waals surface area (Å²) in [6.45, 7) is 6.50. The van der Waals surface area contributed by atoms with Crippen molar-refractivity contribution in [2.24, 2.45) is 5.73 Å². The average molecular weight is 292 g/mol. The van der Waals surface area contributed by atoms with Crippen LogP contribution in [-0.4, -0.2) is 24.0 Å². The molecule has 0 aliphatic heterocycles. The summed E-state index contributed by atoms with van der Waals surface area (Å²) in [6, 6.07) is 2.27. The van der Waals surface area contributed by atoms with Gasteiger partial charge in [0, 0.05) is 18.6 Å². The molecule has 0 saturated heterocycles. The van der Waals surface area contributed by atoms with Crippen LogP contribution in [0.25, 0.3) is 0 Å². The fourth-order valence-corrected chi connectivity index (χ4v) is 2.38. The van der Waals surface area contributed by atoms with Crippen LogP contribution in [0.15, 0.2) is 18.2 Å². The highest BCUT2D eigenvalue weighted by atomic mass is 19.4. The second kappa shape index (κ2) is 6.54. The van der Waals surface area contributed by atoms with E-state index < -0.39 is 23.6 Å². The van der Waals surface area contributed by atoms with Crippen molar-refractivity contribution in [3.63, 3.8) is 0 Å². The Morgan fingerprint density at radius 3 is 2.20 bits per heavy atom. The van der Waals surface area contributed by atoms with Crippen LogP contribution in [0.2, 0.25) is 0 Å². The smallest absolute Gasteiger partial charge is 0.329 e. The Balaban J connectivity index is 3.25. The van der Waals surface area contributed by atoms with Crippen molar-refractivity contribution in [2.75, 3.05) is 13.1 Å². The summed E-state index contributed by atoms with van der Waals surface area (Å²) < 4.78 is 51.7. The Hall–Kier alpha value is -1.14. The highest BCUT2D eigenvalue weighted by molar-refractivity contribution is 5.29. The van der Waals surface area contributed by atoms with Gasteiger partial charge in [0.05, 0.1) is 5.56 Å². The van der Waals surface area contributed by atoms with Crippen molar-refractivity contribution >= 4 is 0 Å². The number of rotatable bonds is 5. The quantitative estimate of drug-likeness (QED) is 0.841. The molecule has 0 aliphatic rings. The van der Waals surface area contributed by atoms with E-state index in [-0.39, 0.29) is 18.2 Å². The van der Waals surface area contributed by atoms with Crippen LogP contribution >= 0.6 is 0 Å². The summed E-state index contributed by atoms with van der Waals surface area (Å²) in [5.74, 6) is -0.895. The van der Waals surface area contributed by atoms with Gasteiger partial charge >= 0.3 is 6.18 Å². The van der Waals surface area contributed by atoms with E-state index in [1.807, 2.05) is 25.7 Å². The maximum Gasteiger partial charge on any atom is 0.416 e. The molecule has 0 saturated carbocycles. The second-order valence-corrected chi connectivity index (χ2v) is 4.95. The van der Waals surface area contributed by atoms with E-state index in [9.17, 15) is 17.6 Å². The van der Waals surface area contributed by atoms with Gasteiger partial charge in [0.25, 0.3) is 0 Å². The molecule has 0 spiro atoms. The summed E-state index contributed by atoms with van der Waals surface area (Å²) in [5, 5.41) is 0. The summed E-state index contributed by atoms with van der Waals surface area (Å²) in [6.07, 6.45) is -4.56. The highest BCUT2D eigenvalue weighted by Gasteiger charge is 2.32. The minimum absolute atomic E-state index is 0.103. The number of alkyl halides is 3. The van der Waals surface area contributed by atoms with E-state index in [0.717, 1.165) is 12.1 Å². The molecule has 0 aliphatic carbocycles. The maximum atomic E-state index is 13.5. The average Bonchev–Trinajstić information content (AvgIpc) is 2.33. The van der Waals surface area contributed by atoms with Crippen LogP contribution in [0.5, 0.6) is 0 Å². The van der Waals surface area contributed by atoms with Gasteiger partial charge in [0.1, 0.15) is 5.82 Å². The third kappa shape index (κ3) is 3.93. The lowest BCUT2D eigenvalue weighted by molar-refractivity contribution is -0.137. The minimum atomic E-state index is -4.56. The third-order valence-electron chi connectivity index (χ3n) is 3.28. The molecule has 0 heterocycles. The van der Waals surface area contributed by atoms with Gasteiger partial charge in [-0.2, -0.15) is 13.2 Å². The summed E-state index contributed by atoms with van der Waals surface area (Å²) in [5.41, 5.74) is 4.96. The van der Waals surface area contributed by atoms with Gasteiger partial charge in [0.15, 0.2) is 0 Å². The SMILES string of the molecule is CCN(C(C)C)C(CN)c1cc(F)cc(C(F)(F)F)c1. The van der Waals surface area contributed by atoms with E-state index in [2.05, 4.69) is 0 Å². The molecule has 2 nitrogen and oxygen atoms in total. The van der Waals surface area contributed by atoms with Crippen molar-refractivity contribution in [1.82, 2.24) is 4.90 Å². The number of hydrogen-bond donors (Lipinski definition) is 1. The van der Waals surface area contributed by atoms with Gasteiger partial charge in [-0.25, -0.2) is 4.39 Å².